The van der Waals surface area contributed by atoms with Gasteiger partial charge in [-0.05, 0) is 115 Å². The highest BCUT2D eigenvalue weighted by atomic mass is 35.5. The third-order valence-electron chi connectivity index (χ3n) is 12.3. The maximum Gasteiger partial charge on any atom is 0.407 e. The van der Waals surface area contributed by atoms with Crippen LogP contribution in [-0.2, 0) is 29.1 Å². The maximum atomic E-state index is 13.8. The molecule has 3 aromatic carbocycles. The molecule has 2 amide bonds. The van der Waals surface area contributed by atoms with Gasteiger partial charge in [-0.25, -0.2) is 19.6 Å². The number of imidazole rings is 2. The molecule has 0 spiro atoms. The van der Waals surface area contributed by atoms with Crippen molar-refractivity contribution in [3.63, 3.8) is 0 Å². The van der Waals surface area contributed by atoms with Crippen LogP contribution in [0.3, 0.4) is 0 Å². The van der Waals surface area contributed by atoms with Gasteiger partial charge in [0.25, 0.3) is 11.1 Å². The van der Waals surface area contributed by atoms with Crippen LogP contribution in [0.1, 0.15) is 78.4 Å². The van der Waals surface area contributed by atoms with Crippen LogP contribution in [0.4, 0.5) is 21.5 Å². The predicted molar refractivity (Wildman–Crippen MR) is 287 cm³/mol. The van der Waals surface area contributed by atoms with E-state index in [0.29, 0.717) is 83.3 Å². The molecule has 2 atom stereocenters. The number of rotatable bonds is 12. The van der Waals surface area contributed by atoms with Gasteiger partial charge < -0.3 is 53.3 Å². The molecule has 7 aromatic rings. The van der Waals surface area contributed by atoms with Crippen molar-refractivity contribution >= 4 is 69.4 Å². The fraction of sp³-hybridized carbons (Fsp3) is 0.407. The normalized spacial score (nSPS) is 16.2. The molecule has 73 heavy (non-hydrogen) atoms. The Labute approximate surface area is 434 Å². The van der Waals surface area contributed by atoms with Crippen LogP contribution in [-0.4, -0.2) is 96.9 Å². The van der Waals surface area contributed by atoms with Gasteiger partial charge in [0.1, 0.15) is 34.6 Å². The molecule has 3 N–H and O–H groups in total. The minimum atomic E-state index is -0.576. The molecule has 0 aliphatic carbocycles. The van der Waals surface area contributed by atoms with Gasteiger partial charge in [-0.2, -0.15) is 0 Å². The van der Waals surface area contributed by atoms with Gasteiger partial charge in [-0.1, -0.05) is 77.8 Å². The smallest absolute Gasteiger partial charge is 0.407 e. The first-order valence-corrected chi connectivity index (χ1v) is 25.5. The van der Waals surface area contributed by atoms with E-state index in [2.05, 4.69) is 25.4 Å². The number of H-pyrrole nitrogens is 1. The quantitative estimate of drug-likeness (QED) is 0.106. The molecule has 4 aromatic heterocycles. The summed E-state index contributed by atoms with van der Waals surface area (Å²) in [6.07, 6.45) is 5.92. The zero-order chi connectivity index (χ0) is 51.9. The van der Waals surface area contributed by atoms with E-state index in [1.54, 1.807) is 23.0 Å². The lowest BCUT2D eigenvalue weighted by atomic mass is 10.1. The number of benzene rings is 3. The molecule has 2 fully saturated rings. The number of fused-ring (bicyclic) bond motifs is 2. The maximum absolute atomic E-state index is 13.8. The van der Waals surface area contributed by atoms with E-state index in [4.69, 9.17) is 47.4 Å². The Kier molecular flexibility index (Phi) is 16.4. The summed E-state index contributed by atoms with van der Waals surface area (Å²) in [6.45, 7) is 15.2. The summed E-state index contributed by atoms with van der Waals surface area (Å²) in [5, 5.41) is 7.23. The largest absolute Gasteiger partial charge is 0.492 e. The third-order valence-corrected chi connectivity index (χ3v) is 13.0. The standard InChI is InChI=1S/C31H36ClN5O4.C23H28ClN5O3/c1-31(2,3)41-30(39)33-23-11-9-16-36(21-23)29-34-26-15-17-35(18-19-40-24-12-5-4-6-13-24)28(38)27(26)37(29)20-22-10-7-8-14-25(22)32;1-23(2,3)32-22(31)26-16-8-6-12-28(14-16)21-27-18-10-11-25-20(30)19(18)29(21)13-15-7-4-5-9-17(15)24/h4-8,10,12-15,17,23H,9,11,16,18-21H2,1-3H3,(H,33,39);4-5,7,9-11,16H,6,8,12-14H2,1-3H3,(H,25,30)(H,26,31)/t23-;16-/m11/s1. The van der Waals surface area contributed by atoms with Gasteiger partial charge in [0.15, 0.2) is 0 Å². The van der Waals surface area contributed by atoms with E-state index >= 15 is 0 Å². The number of para-hydroxylation sites is 1. The summed E-state index contributed by atoms with van der Waals surface area (Å²) in [6, 6.07) is 28.2. The number of amides is 2. The van der Waals surface area contributed by atoms with Crippen molar-refractivity contribution < 1.29 is 23.8 Å². The second-order valence-corrected chi connectivity index (χ2v) is 21.1. The Hall–Kier alpha value is -6.98. The molecule has 6 heterocycles. The monoisotopic (exact) mass is 1030 g/mol. The van der Waals surface area contributed by atoms with Crippen molar-refractivity contribution in [3.05, 3.63) is 145 Å². The Morgan fingerprint density at radius 2 is 1.16 bits per heavy atom. The van der Waals surface area contributed by atoms with E-state index in [-0.39, 0.29) is 23.2 Å². The second kappa shape index (κ2) is 22.8. The number of nitrogens with one attached hydrogen (secondary N) is 3. The summed E-state index contributed by atoms with van der Waals surface area (Å²) in [5.74, 6) is 2.12. The van der Waals surface area contributed by atoms with Crippen LogP contribution in [0.15, 0.2) is 113 Å². The van der Waals surface area contributed by atoms with Gasteiger partial charge in [0.2, 0.25) is 11.9 Å². The lowest BCUT2D eigenvalue weighted by molar-refractivity contribution is 0.0488. The van der Waals surface area contributed by atoms with Crippen LogP contribution >= 0.6 is 23.2 Å². The van der Waals surface area contributed by atoms with Crippen molar-refractivity contribution in [1.82, 2.24) is 39.3 Å². The molecule has 19 heteroatoms. The highest BCUT2D eigenvalue weighted by Crippen LogP contribution is 2.29. The van der Waals surface area contributed by atoms with E-state index in [0.717, 1.165) is 55.6 Å². The molecule has 2 aliphatic rings. The number of aromatic amines is 1. The first-order valence-electron chi connectivity index (χ1n) is 24.7. The van der Waals surface area contributed by atoms with Crippen molar-refractivity contribution in [2.45, 2.75) is 110 Å². The summed E-state index contributed by atoms with van der Waals surface area (Å²) in [7, 11) is 0. The van der Waals surface area contributed by atoms with Gasteiger partial charge in [-0.3, -0.25) is 9.59 Å². The fourth-order valence-electron chi connectivity index (χ4n) is 9.08. The number of piperidine rings is 2. The van der Waals surface area contributed by atoms with Crippen molar-refractivity contribution in [1.29, 1.82) is 0 Å². The van der Waals surface area contributed by atoms with Gasteiger partial charge in [0, 0.05) is 60.7 Å². The molecule has 9 rings (SSSR count). The molecule has 386 valence electrons. The second-order valence-electron chi connectivity index (χ2n) is 20.3. The lowest BCUT2D eigenvalue weighted by Crippen LogP contribution is -2.49. The number of ether oxygens (including phenoxy) is 3. The van der Waals surface area contributed by atoms with Crippen LogP contribution in [0.2, 0.25) is 10.0 Å². The first kappa shape index (κ1) is 52.3. The van der Waals surface area contributed by atoms with Gasteiger partial charge in [-0.15, -0.1) is 0 Å². The summed E-state index contributed by atoms with van der Waals surface area (Å²) >= 11 is 13.0. The summed E-state index contributed by atoms with van der Waals surface area (Å²) in [5.41, 5.74) is 2.55. The van der Waals surface area contributed by atoms with E-state index in [9.17, 15) is 19.2 Å². The van der Waals surface area contributed by atoms with Crippen LogP contribution < -0.4 is 36.3 Å². The van der Waals surface area contributed by atoms with E-state index in [1.165, 1.54) is 0 Å². The Bertz CT molecular complexity index is 3160. The summed E-state index contributed by atoms with van der Waals surface area (Å²) in [4.78, 5) is 67.9. The molecular weight excluding hydrogens is 972 g/mol. The molecule has 2 aliphatic heterocycles. The van der Waals surface area contributed by atoms with Crippen LogP contribution in [0, 0.1) is 0 Å². The zero-order valence-corrected chi connectivity index (χ0v) is 43.7. The Morgan fingerprint density at radius 3 is 1.68 bits per heavy atom. The number of nitrogens with zero attached hydrogens (tertiary/aromatic N) is 7. The Morgan fingerprint density at radius 1 is 0.671 bits per heavy atom. The number of carbonyl (C=O) groups is 2. The van der Waals surface area contributed by atoms with Gasteiger partial charge in [0.05, 0.1) is 30.7 Å². The number of alkyl carbamates (subject to hydrolysis) is 2. The number of aromatic nitrogens is 6. The topological polar surface area (TPSA) is 183 Å². The Balaban J connectivity index is 0.000000201. The summed E-state index contributed by atoms with van der Waals surface area (Å²) < 4.78 is 22.2. The SMILES string of the molecule is CC(C)(C)OC(=O)N[C@@H]1CCCN(c2nc3cc[nH]c(=O)c3n2Cc2ccccc2Cl)C1.CC(C)(C)OC(=O)N[C@@H]1CCCN(c2nc3ccn(CCOc4ccccc4)c(=O)c3n2Cc2ccccc2Cl)C1. The van der Waals surface area contributed by atoms with Crippen molar-refractivity contribution in [2.75, 3.05) is 42.6 Å². The molecule has 0 unspecified atom stereocenters. The molecule has 0 radical (unpaired) electrons. The third kappa shape index (κ3) is 13.6. The first-order chi connectivity index (χ1) is 34.9. The average Bonchev–Trinajstić information content (AvgIpc) is 3.90. The van der Waals surface area contributed by atoms with Gasteiger partial charge >= 0.3 is 12.2 Å². The highest BCUT2D eigenvalue weighted by molar-refractivity contribution is 6.31. The van der Waals surface area contributed by atoms with Crippen molar-refractivity contribution in [2.24, 2.45) is 0 Å². The average molecular weight is 1040 g/mol. The molecular formula is C54H64Cl2N10O7. The number of carbonyl (C=O) groups excluding carboxylic acids is 2. The number of halogens is 2. The molecule has 0 saturated carbocycles. The zero-order valence-electron chi connectivity index (χ0n) is 42.2. The molecule has 0 bridgehead atoms. The number of hydrogen-bond donors (Lipinski definition) is 3. The molecule has 17 nitrogen and oxygen atoms in total. The lowest BCUT2D eigenvalue weighted by Gasteiger charge is -2.34. The number of anilines is 2. The fourth-order valence-corrected chi connectivity index (χ4v) is 9.47. The number of pyridine rings is 2. The van der Waals surface area contributed by atoms with Crippen LogP contribution in [0.5, 0.6) is 5.75 Å². The minimum Gasteiger partial charge on any atom is -0.492 e. The van der Waals surface area contributed by atoms with E-state index in [1.807, 2.05) is 136 Å². The molecule has 2 saturated heterocycles. The van der Waals surface area contributed by atoms with Crippen LogP contribution in [0.25, 0.3) is 22.1 Å². The minimum absolute atomic E-state index is 0.0783. The number of hydrogen-bond acceptors (Lipinski definition) is 11. The predicted octanol–water partition coefficient (Wildman–Crippen LogP) is 9.39. The highest BCUT2D eigenvalue weighted by Gasteiger charge is 2.30. The van der Waals surface area contributed by atoms with Crippen molar-refractivity contribution in [3.8, 4) is 5.75 Å². The van der Waals surface area contributed by atoms with E-state index < -0.39 is 23.4 Å².